The van der Waals surface area contributed by atoms with Gasteiger partial charge in [-0.15, -0.1) is 0 Å². The molecule has 2 aromatic rings. The van der Waals surface area contributed by atoms with Gasteiger partial charge in [-0.3, -0.25) is 4.79 Å². The fourth-order valence-electron chi connectivity index (χ4n) is 2.15. The molecule has 2 rings (SSSR count). The predicted molar refractivity (Wildman–Crippen MR) is 96.0 cm³/mol. The molecule has 0 aliphatic heterocycles. The van der Waals surface area contributed by atoms with Gasteiger partial charge in [0.05, 0.1) is 26.9 Å². The lowest BCUT2D eigenvalue weighted by atomic mass is 10.2. The van der Waals surface area contributed by atoms with Gasteiger partial charge in [0.25, 0.3) is 5.91 Å². The van der Waals surface area contributed by atoms with Crippen molar-refractivity contribution in [2.45, 2.75) is 13.0 Å². The standard InChI is InChI=1S/C19H21NO6/c1-12(18(21)20-14-6-5-7-15(10-14)23-2)26-19(22)13-8-16(24-3)11-17(9-13)25-4/h5-12H,1-4H3,(H,20,21)/t12-/m1/s1. The zero-order valence-corrected chi connectivity index (χ0v) is 15.1. The normalized spacial score (nSPS) is 11.2. The van der Waals surface area contributed by atoms with E-state index in [1.807, 2.05) is 0 Å². The summed E-state index contributed by atoms with van der Waals surface area (Å²) in [6.45, 7) is 1.49. The van der Waals surface area contributed by atoms with E-state index >= 15 is 0 Å². The lowest BCUT2D eigenvalue weighted by Crippen LogP contribution is -2.30. The van der Waals surface area contributed by atoms with Gasteiger partial charge >= 0.3 is 5.97 Å². The Balaban J connectivity index is 2.05. The van der Waals surface area contributed by atoms with Crippen LogP contribution in [0.3, 0.4) is 0 Å². The summed E-state index contributed by atoms with van der Waals surface area (Å²) in [5, 5.41) is 2.67. The first-order valence-corrected chi connectivity index (χ1v) is 7.85. The number of benzene rings is 2. The monoisotopic (exact) mass is 359 g/mol. The summed E-state index contributed by atoms with van der Waals surface area (Å²) in [6.07, 6.45) is -0.995. The third-order valence-electron chi connectivity index (χ3n) is 3.58. The molecule has 0 aliphatic carbocycles. The van der Waals surface area contributed by atoms with Crippen molar-refractivity contribution in [1.29, 1.82) is 0 Å². The molecule has 0 saturated heterocycles. The van der Waals surface area contributed by atoms with Crippen LogP contribution in [-0.2, 0) is 9.53 Å². The Morgan fingerprint density at radius 2 is 1.50 bits per heavy atom. The van der Waals surface area contributed by atoms with Crippen LogP contribution in [0.2, 0.25) is 0 Å². The number of anilines is 1. The third kappa shape index (κ3) is 4.89. The van der Waals surface area contributed by atoms with Gasteiger partial charge in [0.15, 0.2) is 6.10 Å². The molecule has 0 heterocycles. The second kappa shape index (κ2) is 8.75. The van der Waals surface area contributed by atoms with Gasteiger partial charge < -0.3 is 24.3 Å². The van der Waals surface area contributed by atoms with Crippen molar-refractivity contribution in [3.05, 3.63) is 48.0 Å². The first-order valence-electron chi connectivity index (χ1n) is 7.85. The number of hydrogen-bond acceptors (Lipinski definition) is 6. The van der Waals surface area contributed by atoms with Crippen LogP contribution in [0.1, 0.15) is 17.3 Å². The van der Waals surface area contributed by atoms with Crippen molar-refractivity contribution >= 4 is 17.6 Å². The van der Waals surface area contributed by atoms with E-state index in [-0.39, 0.29) is 5.56 Å². The number of nitrogens with one attached hydrogen (secondary N) is 1. The molecule has 138 valence electrons. The summed E-state index contributed by atoms with van der Waals surface area (Å²) >= 11 is 0. The van der Waals surface area contributed by atoms with Crippen molar-refractivity contribution in [1.82, 2.24) is 0 Å². The van der Waals surface area contributed by atoms with Crippen LogP contribution in [-0.4, -0.2) is 39.3 Å². The van der Waals surface area contributed by atoms with E-state index in [0.29, 0.717) is 22.9 Å². The van der Waals surface area contributed by atoms with Crippen molar-refractivity contribution < 1.29 is 28.5 Å². The second-order valence-corrected chi connectivity index (χ2v) is 5.37. The van der Waals surface area contributed by atoms with E-state index in [1.54, 1.807) is 30.3 Å². The number of rotatable bonds is 7. The topological polar surface area (TPSA) is 83.1 Å². The Labute approximate surface area is 151 Å². The Morgan fingerprint density at radius 3 is 2.08 bits per heavy atom. The number of esters is 1. The molecule has 0 aromatic heterocycles. The second-order valence-electron chi connectivity index (χ2n) is 5.37. The molecule has 2 aromatic carbocycles. The molecule has 0 aliphatic rings. The quantitative estimate of drug-likeness (QED) is 0.766. The van der Waals surface area contributed by atoms with E-state index in [9.17, 15) is 9.59 Å². The summed E-state index contributed by atoms with van der Waals surface area (Å²) in [6, 6.07) is 11.5. The molecule has 0 spiro atoms. The van der Waals surface area contributed by atoms with E-state index in [0.717, 1.165) is 0 Å². The molecule has 0 bridgehead atoms. The van der Waals surface area contributed by atoms with Crippen molar-refractivity contribution in [2.75, 3.05) is 26.6 Å². The Morgan fingerprint density at radius 1 is 0.885 bits per heavy atom. The summed E-state index contributed by atoms with van der Waals surface area (Å²) in [5.41, 5.74) is 0.766. The Hall–Kier alpha value is -3.22. The number of hydrogen-bond donors (Lipinski definition) is 1. The molecular weight excluding hydrogens is 338 g/mol. The van der Waals surface area contributed by atoms with Gasteiger partial charge in [-0.2, -0.15) is 0 Å². The van der Waals surface area contributed by atoms with E-state index in [2.05, 4.69) is 5.32 Å². The zero-order valence-electron chi connectivity index (χ0n) is 15.1. The maximum absolute atomic E-state index is 12.3. The van der Waals surface area contributed by atoms with Crippen molar-refractivity contribution in [3.8, 4) is 17.2 Å². The minimum Gasteiger partial charge on any atom is -0.497 e. The van der Waals surface area contributed by atoms with E-state index in [1.165, 1.54) is 40.4 Å². The van der Waals surface area contributed by atoms with Crippen LogP contribution < -0.4 is 19.5 Å². The van der Waals surface area contributed by atoms with Gasteiger partial charge in [0, 0.05) is 17.8 Å². The maximum Gasteiger partial charge on any atom is 0.339 e. The molecule has 0 fully saturated rings. The van der Waals surface area contributed by atoms with E-state index in [4.69, 9.17) is 18.9 Å². The summed E-state index contributed by atoms with van der Waals surface area (Å²) in [7, 11) is 4.50. The van der Waals surface area contributed by atoms with Crippen LogP contribution in [0, 0.1) is 0 Å². The number of carbonyl (C=O) groups is 2. The lowest BCUT2D eigenvalue weighted by molar-refractivity contribution is -0.123. The third-order valence-corrected chi connectivity index (χ3v) is 3.58. The average Bonchev–Trinajstić information content (AvgIpc) is 2.67. The summed E-state index contributed by atoms with van der Waals surface area (Å²) in [5.74, 6) is 0.391. The number of amides is 1. The molecule has 7 heteroatoms. The van der Waals surface area contributed by atoms with Crippen LogP contribution in [0.4, 0.5) is 5.69 Å². The summed E-state index contributed by atoms with van der Waals surface area (Å²) < 4.78 is 20.6. The minimum absolute atomic E-state index is 0.224. The molecule has 1 N–H and O–H groups in total. The molecule has 1 atom stereocenters. The number of ether oxygens (including phenoxy) is 4. The van der Waals surface area contributed by atoms with Gasteiger partial charge in [0.1, 0.15) is 17.2 Å². The SMILES string of the molecule is COc1cccc(NC(=O)[C@@H](C)OC(=O)c2cc(OC)cc(OC)c2)c1. The fraction of sp³-hybridized carbons (Fsp3) is 0.263. The highest BCUT2D eigenvalue weighted by Gasteiger charge is 2.20. The Bertz CT molecular complexity index is 767. The maximum atomic E-state index is 12.3. The van der Waals surface area contributed by atoms with Gasteiger partial charge in [-0.05, 0) is 31.2 Å². The smallest absolute Gasteiger partial charge is 0.339 e. The lowest BCUT2D eigenvalue weighted by Gasteiger charge is -2.15. The van der Waals surface area contributed by atoms with Crippen LogP contribution in [0.25, 0.3) is 0 Å². The van der Waals surface area contributed by atoms with Crippen molar-refractivity contribution in [2.24, 2.45) is 0 Å². The molecular formula is C19H21NO6. The molecule has 0 unspecified atom stereocenters. The highest BCUT2D eigenvalue weighted by Crippen LogP contribution is 2.23. The van der Waals surface area contributed by atoms with E-state index < -0.39 is 18.0 Å². The predicted octanol–water partition coefficient (Wildman–Crippen LogP) is 2.90. The molecule has 0 radical (unpaired) electrons. The van der Waals surface area contributed by atoms with Crippen LogP contribution in [0.15, 0.2) is 42.5 Å². The molecule has 0 saturated carbocycles. The largest absolute Gasteiger partial charge is 0.497 e. The van der Waals surface area contributed by atoms with Gasteiger partial charge in [-0.1, -0.05) is 6.07 Å². The average molecular weight is 359 g/mol. The zero-order chi connectivity index (χ0) is 19.1. The first-order chi connectivity index (χ1) is 12.5. The van der Waals surface area contributed by atoms with Crippen LogP contribution >= 0.6 is 0 Å². The first kappa shape index (κ1) is 19.1. The number of carbonyl (C=O) groups excluding carboxylic acids is 2. The molecule has 7 nitrogen and oxygen atoms in total. The minimum atomic E-state index is -0.995. The highest BCUT2D eigenvalue weighted by molar-refractivity contribution is 5.97. The molecule has 1 amide bonds. The van der Waals surface area contributed by atoms with Crippen LogP contribution in [0.5, 0.6) is 17.2 Å². The highest BCUT2D eigenvalue weighted by atomic mass is 16.5. The fourth-order valence-corrected chi connectivity index (χ4v) is 2.15. The number of methoxy groups -OCH3 is 3. The van der Waals surface area contributed by atoms with Gasteiger partial charge in [-0.25, -0.2) is 4.79 Å². The van der Waals surface area contributed by atoms with Gasteiger partial charge in [0.2, 0.25) is 0 Å². The Kier molecular flexibility index (Phi) is 6.43. The molecule has 26 heavy (non-hydrogen) atoms. The van der Waals surface area contributed by atoms with Crippen molar-refractivity contribution in [3.63, 3.8) is 0 Å². The summed E-state index contributed by atoms with van der Waals surface area (Å²) in [4.78, 5) is 24.6.